The average molecular weight is 439 g/mol. The molecule has 2 heterocycles. The maximum Gasteiger partial charge on any atom is 0.340 e. The van der Waals surface area contributed by atoms with Crippen molar-refractivity contribution >= 4 is 17.8 Å². The molecule has 0 radical (unpaired) electrons. The highest BCUT2D eigenvalue weighted by molar-refractivity contribution is 5.93. The highest BCUT2D eigenvalue weighted by Crippen LogP contribution is 2.19. The minimum atomic E-state index is -0.703. The molecular weight excluding hydrogens is 417 g/mol. The molecule has 0 spiro atoms. The van der Waals surface area contributed by atoms with Crippen molar-refractivity contribution in [1.29, 1.82) is 0 Å². The number of aromatic nitrogens is 1. The first-order valence-electron chi connectivity index (χ1n) is 9.83. The van der Waals surface area contributed by atoms with Crippen LogP contribution >= 0.6 is 0 Å². The molecule has 0 aliphatic rings. The normalized spacial score (nSPS) is 11.5. The van der Waals surface area contributed by atoms with Gasteiger partial charge < -0.3 is 19.8 Å². The molecule has 2 aromatic heterocycles. The van der Waals surface area contributed by atoms with Gasteiger partial charge in [0.15, 0.2) is 12.4 Å². The summed E-state index contributed by atoms with van der Waals surface area (Å²) in [6, 6.07) is 12.0. The molecule has 3 aromatic rings. The third kappa shape index (κ3) is 6.00. The van der Waals surface area contributed by atoms with Gasteiger partial charge in [-0.2, -0.15) is 0 Å². The van der Waals surface area contributed by atoms with Crippen LogP contribution in [0.1, 0.15) is 34.6 Å². The zero-order chi connectivity index (χ0) is 23.1. The van der Waals surface area contributed by atoms with E-state index in [1.165, 1.54) is 18.4 Å². The van der Waals surface area contributed by atoms with Gasteiger partial charge in [-0.1, -0.05) is 12.1 Å². The van der Waals surface area contributed by atoms with E-state index in [9.17, 15) is 18.8 Å². The maximum absolute atomic E-state index is 13.0. The molecule has 0 saturated carbocycles. The second-order valence-electron chi connectivity index (χ2n) is 7.00. The summed E-state index contributed by atoms with van der Waals surface area (Å²) in [6.07, 6.45) is 1.52. The fourth-order valence-electron chi connectivity index (χ4n) is 2.90. The highest BCUT2D eigenvalue weighted by Gasteiger charge is 2.16. The molecule has 0 bridgehead atoms. The minimum absolute atomic E-state index is 0.221. The van der Waals surface area contributed by atoms with Crippen molar-refractivity contribution < 1.29 is 27.9 Å². The molecule has 8 nitrogen and oxygen atoms in total. The molecule has 1 atom stereocenters. The summed E-state index contributed by atoms with van der Waals surface area (Å²) in [5.74, 6) is -1.56. The lowest BCUT2D eigenvalue weighted by atomic mass is 10.1. The van der Waals surface area contributed by atoms with Gasteiger partial charge >= 0.3 is 5.97 Å². The first-order valence-corrected chi connectivity index (χ1v) is 9.83. The van der Waals surface area contributed by atoms with Crippen molar-refractivity contribution in [3.05, 3.63) is 77.4 Å². The number of halogens is 1. The van der Waals surface area contributed by atoms with Gasteiger partial charge in [0, 0.05) is 0 Å². The molecule has 32 heavy (non-hydrogen) atoms. The summed E-state index contributed by atoms with van der Waals surface area (Å²) in [5, 5.41) is 5.07. The minimum Gasteiger partial charge on any atom is -0.463 e. The Bertz CT molecular complexity index is 1100. The van der Waals surface area contributed by atoms with Crippen LogP contribution in [0.2, 0.25) is 0 Å². The standard InChI is InChI=1S/C23H22FN3O5/c1-14(16-5-7-17(24)8-6-16)27-21(28)12-25-22(29)13-32-23(30)18-9-10-19(26-15(18)2)20-4-3-11-31-20/h3-11,14H,12-13H2,1-2H3,(H,25,29)(H,27,28). The second-order valence-corrected chi connectivity index (χ2v) is 7.00. The third-order valence-corrected chi connectivity index (χ3v) is 4.61. The van der Waals surface area contributed by atoms with Gasteiger partial charge in [-0.15, -0.1) is 0 Å². The molecule has 0 saturated heterocycles. The van der Waals surface area contributed by atoms with E-state index in [2.05, 4.69) is 15.6 Å². The number of nitrogens with one attached hydrogen (secondary N) is 2. The zero-order valence-electron chi connectivity index (χ0n) is 17.6. The Labute approximate surface area is 183 Å². The lowest BCUT2D eigenvalue weighted by Crippen LogP contribution is -2.39. The predicted molar refractivity (Wildman–Crippen MR) is 113 cm³/mol. The van der Waals surface area contributed by atoms with Crippen LogP contribution in [0.4, 0.5) is 4.39 Å². The van der Waals surface area contributed by atoms with Gasteiger partial charge in [0.25, 0.3) is 5.91 Å². The van der Waals surface area contributed by atoms with Crippen LogP contribution in [0.3, 0.4) is 0 Å². The zero-order valence-corrected chi connectivity index (χ0v) is 17.6. The van der Waals surface area contributed by atoms with Crippen LogP contribution in [-0.2, 0) is 14.3 Å². The van der Waals surface area contributed by atoms with E-state index in [1.807, 2.05) is 0 Å². The van der Waals surface area contributed by atoms with Gasteiger partial charge in [-0.05, 0) is 55.8 Å². The molecule has 9 heteroatoms. The van der Waals surface area contributed by atoms with E-state index in [0.29, 0.717) is 17.1 Å². The smallest absolute Gasteiger partial charge is 0.340 e. The molecule has 1 unspecified atom stereocenters. The molecule has 0 aliphatic carbocycles. The fraction of sp³-hybridized carbons (Fsp3) is 0.217. The Morgan fingerprint density at radius 1 is 1.09 bits per heavy atom. The van der Waals surface area contributed by atoms with Crippen molar-refractivity contribution in [2.75, 3.05) is 13.2 Å². The molecule has 166 valence electrons. The van der Waals surface area contributed by atoms with Crippen LogP contribution in [0.15, 0.2) is 59.2 Å². The van der Waals surface area contributed by atoms with Gasteiger partial charge in [0.05, 0.1) is 30.1 Å². The maximum atomic E-state index is 13.0. The molecule has 0 fully saturated rings. The number of benzene rings is 1. The lowest BCUT2D eigenvalue weighted by Gasteiger charge is -2.14. The number of ether oxygens (including phenoxy) is 1. The Kier molecular flexibility index (Phi) is 7.33. The van der Waals surface area contributed by atoms with Gasteiger partial charge in [0.1, 0.15) is 11.5 Å². The summed E-state index contributed by atoms with van der Waals surface area (Å²) in [5.41, 5.74) is 1.95. The SMILES string of the molecule is Cc1nc(-c2ccco2)ccc1C(=O)OCC(=O)NCC(=O)NC(C)c1ccc(F)cc1. The second kappa shape index (κ2) is 10.3. The molecule has 2 amide bonds. The summed E-state index contributed by atoms with van der Waals surface area (Å²) >= 11 is 0. The van der Waals surface area contributed by atoms with Crippen LogP contribution in [0.25, 0.3) is 11.5 Å². The number of hydrogen-bond donors (Lipinski definition) is 2. The number of carbonyl (C=O) groups excluding carboxylic acids is 3. The Morgan fingerprint density at radius 3 is 2.50 bits per heavy atom. The Hall–Kier alpha value is -4.01. The van der Waals surface area contributed by atoms with E-state index in [4.69, 9.17) is 9.15 Å². The molecule has 1 aromatic carbocycles. The van der Waals surface area contributed by atoms with Crippen molar-refractivity contribution in [3.63, 3.8) is 0 Å². The average Bonchev–Trinajstić information content (AvgIpc) is 3.31. The van der Waals surface area contributed by atoms with Gasteiger partial charge in [0.2, 0.25) is 5.91 Å². The number of pyridine rings is 1. The quantitative estimate of drug-likeness (QED) is 0.522. The predicted octanol–water partition coefficient (Wildman–Crippen LogP) is 2.94. The summed E-state index contributed by atoms with van der Waals surface area (Å²) < 4.78 is 23.3. The topological polar surface area (TPSA) is 111 Å². The summed E-state index contributed by atoms with van der Waals surface area (Å²) in [7, 11) is 0. The number of amides is 2. The number of carbonyl (C=O) groups is 3. The monoisotopic (exact) mass is 439 g/mol. The number of aryl methyl sites for hydroxylation is 1. The number of rotatable bonds is 8. The fourth-order valence-corrected chi connectivity index (χ4v) is 2.90. The van der Waals surface area contributed by atoms with E-state index >= 15 is 0 Å². The number of hydrogen-bond acceptors (Lipinski definition) is 6. The molecule has 3 rings (SSSR count). The van der Waals surface area contributed by atoms with Crippen LogP contribution in [-0.4, -0.2) is 35.9 Å². The Morgan fingerprint density at radius 2 is 1.84 bits per heavy atom. The molecule has 0 aliphatic heterocycles. The van der Waals surface area contributed by atoms with Crippen molar-refractivity contribution in [2.45, 2.75) is 19.9 Å². The van der Waals surface area contributed by atoms with E-state index in [0.717, 1.165) is 5.56 Å². The summed E-state index contributed by atoms with van der Waals surface area (Å²) in [6.45, 7) is 2.55. The first-order chi connectivity index (χ1) is 15.3. The number of esters is 1. The third-order valence-electron chi connectivity index (χ3n) is 4.61. The van der Waals surface area contributed by atoms with E-state index in [1.54, 1.807) is 50.2 Å². The Balaban J connectivity index is 1.43. The van der Waals surface area contributed by atoms with Crippen molar-refractivity contribution in [2.24, 2.45) is 0 Å². The van der Waals surface area contributed by atoms with Crippen molar-refractivity contribution in [1.82, 2.24) is 15.6 Å². The van der Waals surface area contributed by atoms with Crippen LogP contribution in [0, 0.1) is 12.7 Å². The molecular formula is C23H22FN3O5. The first kappa shape index (κ1) is 22.7. The van der Waals surface area contributed by atoms with Gasteiger partial charge in [-0.25, -0.2) is 14.2 Å². The molecule has 2 N–H and O–H groups in total. The van der Waals surface area contributed by atoms with E-state index < -0.39 is 24.4 Å². The van der Waals surface area contributed by atoms with E-state index in [-0.39, 0.29) is 24.0 Å². The summed E-state index contributed by atoms with van der Waals surface area (Å²) in [4.78, 5) is 40.5. The number of furan rings is 1. The lowest BCUT2D eigenvalue weighted by molar-refractivity contribution is -0.128. The van der Waals surface area contributed by atoms with Crippen LogP contribution < -0.4 is 10.6 Å². The van der Waals surface area contributed by atoms with Crippen molar-refractivity contribution in [3.8, 4) is 11.5 Å². The highest BCUT2D eigenvalue weighted by atomic mass is 19.1. The number of nitrogens with zero attached hydrogens (tertiary/aromatic N) is 1. The van der Waals surface area contributed by atoms with Crippen LogP contribution in [0.5, 0.6) is 0 Å². The van der Waals surface area contributed by atoms with Gasteiger partial charge in [-0.3, -0.25) is 9.59 Å². The largest absolute Gasteiger partial charge is 0.463 e.